The number of hydrogen-bond acceptors (Lipinski definition) is 3. The van der Waals surface area contributed by atoms with E-state index in [9.17, 15) is 9.59 Å². The number of hydrogen-bond donors (Lipinski definition) is 1. The smallest absolute Gasteiger partial charge is 0.407 e. The summed E-state index contributed by atoms with van der Waals surface area (Å²) in [5.41, 5.74) is 2.00. The molecule has 23 heavy (non-hydrogen) atoms. The SMILES string of the molecule is CC(=O)C(CNC(=O)OCc1ccccc1)Cc1ccccc1. The van der Waals surface area contributed by atoms with Crippen LogP contribution in [0, 0.1) is 5.92 Å². The third-order valence-electron chi connectivity index (χ3n) is 3.61. The number of rotatable bonds is 7. The van der Waals surface area contributed by atoms with Gasteiger partial charge in [-0.3, -0.25) is 4.79 Å². The molecule has 2 rings (SSSR count). The molecule has 0 heterocycles. The molecule has 4 heteroatoms. The Labute approximate surface area is 136 Å². The van der Waals surface area contributed by atoms with Crippen molar-refractivity contribution in [2.45, 2.75) is 20.0 Å². The van der Waals surface area contributed by atoms with E-state index in [1.807, 2.05) is 60.7 Å². The molecule has 0 radical (unpaired) electrons. The molecule has 0 fully saturated rings. The second kappa shape index (κ2) is 8.73. The van der Waals surface area contributed by atoms with Crippen molar-refractivity contribution in [2.24, 2.45) is 5.92 Å². The van der Waals surface area contributed by atoms with Gasteiger partial charge in [0.25, 0.3) is 0 Å². The van der Waals surface area contributed by atoms with Crippen LogP contribution in [0.3, 0.4) is 0 Å². The largest absolute Gasteiger partial charge is 0.445 e. The minimum Gasteiger partial charge on any atom is -0.445 e. The van der Waals surface area contributed by atoms with Crippen molar-refractivity contribution >= 4 is 11.9 Å². The van der Waals surface area contributed by atoms with Crippen molar-refractivity contribution in [3.05, 3.63) is 71.8 Å². The molecule has 1 amide bonds. The first kappa shape index (κ1) is 16.7. The predicted octanol–water partition coefficient (Wildman–Crippen LogP) is 3.36. The monoisotopic (exact) mass is 311 g/mol. The molecular formula is C19H21NO3. The van der Waals surface area contributed by atoms with E-state index in [2.05, 4.69) is 5.32 Å². The quantitative estimate of drug-likeness (QED) is 0.853. The summed E-state index contributed by atoms with van der Waals surface area (Å²) in [5, 5.41) is 2.67. The van der Waals surface area contributed by atoms with Crippen LogP contribution in [0.1, 0.15) is 18.1 Å². The maximum Gasteiger partial charge on any atom is 0.407 e. The maximum absolute atomic E-state index is 11.8. The first-order valence-electron chi connectivity index (χ1n) is 7.64. The van der Waals surface area contributed by atoms with Gasteiger partial charge in [0.2, 0.25) is 0 Å². The molecule has 0 bridgehead atoms. The minimum atomic E-state index is -0.506. The van der Waals surface area contributed by atoms with E-state index in [1.165, 1.54) is 0 Å². The highest BCUT2D eigenvalue weighted by Crippen LogP contribution is 2.09. The molecular weight excluding hydrogens is 290 g/mol. The lowest BCUT2D eigenvalue weighted by atomic mass is 9.96. The van der Waals surface area contributed by atoms with Crippen LogP contribution in [0.25, 0.3) is 0 Å². The van der Waals surface area contributed by atoms with Gasteiger partial charge < -0.3 is 10.1 Å². The van der Waals surface area contributed by atoms with E-state index in [0.717, 1.165) is 11.1 Å². The Morgan fingerprint density at radius 1 is 0.957 bits per heavy atom. The van der Waals surface area contributed by atoms with Crippen molar-refractivity contribution in [1.82, 2.24) is 5.32 Å². The van der Waals surface area contributed by atoms with Gasteiger partial charge in [0.1, 0.15) is 12.4 Å². The summed E-state index contributed by atoms with van der Waals surface area (Å²) < 4.78 is 5.15. The fourth-order valence-electron chi connectivity index (χ4n) is 2.24. The molecule has 2 aromatic carbocycles. The van der Waals surface area contributed by atoms with Crippen LogP contribution in [-0.2, 0) is 22.6 Å². The van der Waals surface area contributed by atoms with Crippen LogP contribution in [0.4, 0.5) is 4.79 Å². The molecule has 0 aliphatic heterocycles. The van der Waals surface area contributed by atoms with Gasteiger partial charge in [-0.05, 0) is 24.5 Å². The zero-order chi connectivity index (χ0) is 16.5. The van der Waals surface area contributed by atoms with E-state index >= 15 is 0 Å². The summed E-state index contributed by atoms with van der Waals surface area (Å²) in [6.45, 7) is 2.04. The molecule has 0 saturated heterocycles. The van der Waals surface area contributed by atoms with Crippen LogP contribution < -0.4 is 5.32 Å². The van der Waals surface area contributed by atoms with E-state index in [-0.39, 0.29) is 24.9 Å². The summed E-state index contributed by atoms with van der Waals surface area (Å²) in [7, 11) is 0. The lowest BCUT2D eigenvalue weighted by Gasteiger charge is -2.15. The van der Waals surface area contributed by atoms with Gasteiger partial charge in [0, 0.05) is 12.5 Å². The summed E-state index contributed by atoms with van der Waals surface area (Å²) >= 11 is 0. The van der Waals surface area contributed by atoms with E-state index in [1.54, 1.807) is 6.92 Å². The molecule has 1 atom stereocenters. The highest BCUT2D eigenvalue weighted by atomic mass is 16.5. The molecule has 1 unspecified atom stereocenters. The molecule has 0 saturated carbocycles. The third kappa shape index (κ3) is 5.94. The lowest BCUT2D eigenvalue weighted by molar-refractivity contribution is -0.120. The van der Waals surface area contributed by atoms with Crippen LogP contribution in [-0.4, -0.2) is 18.4 Å². The second-order valence-electron chi connectivity index (χ2n) is 5.44. The topological polar surface area (TPSA) is 55.4 Å². The number of ketones is 1. The molecule has 0 aliphatic carbocycles. The van der Waals surface area contributed by atoms with Crippen molar-refractivity contribution in [3.8, 4) is 0 Å². The standard InChI is InChI=1S/C19H21NO3/c1-15(21)18(12-16-8-4-2-5-9-16)13-20-19(22)23-14-17-10-6-3-7-11-17/h2-11,18H,12-14H2,1H3,(H,20,22). The Morgan fingerprint density at radius 3 is 2.09 bits per heavy atom. The predicted molar refractivity (Wildman–Crippen MR) is 88.9 cm³/mol. The number of Topliss-reactive ketones (excluding diaryl/α,β-unsaturated/α-hetero) is 1. The third-order valence-corrected chi connectivity index (χ3v) is 3.61. The molecule has 0 aliphatic rings. The van der Waals surface area contributed by atoms with Gasteiger partial charge in [-0.25, -0.2) is 4.79 Å². The normalized spacial score (nSPS) is 11.5. The zero-order valence-corrected chi connectivity index (χ0v) is 13.2. The first-order chi connectivity index (χ1) is 11.1. The summed E-state index contributed by atoms with van der Waals surface area (Å²) in [6.07, 6.45) is 0.1000. The van der Waals surface area contributed by atoms with Crippen molar-refractivity contribution < 1.29 is 14.3 Å². The van der Waals surface area contributed by atoms with Gasteiger partial charge >= 0.3 is 6.09 Å². The highest BCUT2D eigenvalue weighted by Gasteiger charge is 2.16. The van der Waals surface area contributed by atoms with Crippen molar-refractivity contribution in [1.29, 1.82) is 0 Å². The number of carbonyl (C=O) groups is 2. The Bertz CT molecular complexity index is 626. The Balaban J connectivity index is 1.79. The van der Waals surface area contributed by atoms with Crippen LogP contribution >= 0.6 is 0 Å². The summed E-state index contributed by atoms with van der Waals surface area (Å²) in [4.78, 5) is 23.5. The van der Waals surface area contributed by atoms with Crippen LogP contribution in [0.5, 0.6) is 0 Å². The van der Waals surface area contributed by atoms with E-state index < -0.39 is 6.09 Å². The second-order valence-corrected chi connectivity index (χ2v) is 5.44. The molecule has 2 aromatic rings. The lowest BCUT2D eigenvalue weighted by Crippen LogP contribution is -2.33. The number of amides is 1. The number of benzene rings is 2. The average Bonchev–Trinajstić information content (AvgIpc) is 2.58. The fourth-order valence-corrected chi connectivity index (χ4v) is 2.24. The van der Waals surface area contributed by atoms with Gasteiger partial charge in [-0.2, -0.15) is 0 Å². The number of carbonyl (C=O) groups excluding carboxylic acids is 2. The fraction of sp³-hybridized carbons (Fsp3) is 0.263. The molecule has 4 nitrogen and oxygen atoms in total. The number of alkyl carbamates (subject to hydrolysis) is 1. The van der Waals surface area contributed by atoms with Crippen molar-refractivity contribution in [2.75, 3.05) is 6.54 Å². The average molecular weight is 311 g/mol. The van der Waals surface area contributed by atoms with E-state index in [4.69, 9.17) is 4.74 Å². The van der Waals surface area contributed by atoms with Gasteiger partial charge in [-0.1, -0.05) is 60.7 Å². The van der Waals surface area contributed by atoms with E-state index in [0.29, 0.717) is 6.42 Å². The maximum atomic E-state index is 11.8. The minimum absolute atomic E-state index is 0.0530. The molecule has 0 aromatic heterocycles. The van der Waals surface area contributed by atoms with Crippen molar-refractivity contribution in [3.63, 3.8) is 0 Å². The first-order valence-corrected chi connectivity index (χ1v) is 7.64. The number of ether oxygens (including phenoxy) is 1. The van der Waals surface area contributed by atoms with Gasteiger partial charge in [0.05, 0.1) is 0 Å². The molecule has 0 spiro atoms. The van der Waals surface area contributed by atoms with Crippen LogP contribution in [0.15, 0.2) is 60.7 Å². The summed E-state index contributed by atoms with van der Waals surface area (Å²) in [6, 6.07) is 19.2. The Kier molecular flexibility index (Phi) is 6.36. The molecule has 1 N–H and O–H groups in total. The zero-order valence-electron chi connectivity index (χ0n) is 13.2. The molecule has 120 valence electrons. The van der Waals surface area contributed by atoms with Gasteiger partial charge in [0.15, 0.2) is 0 Å². The van der Waals surface area contributed by atoms with Crippen LogP contribution in [0.2, 0.25) is 0 Å². The highest BCUT2D eigenvalue weighted by molar-refractivity contribution is 5.79. The Hall–Kier alpha value is -2.62. The summed E-state index contributed by atoms with van der Waals surface area (Å²) in [5.74, 6) is -0.195. The Morgan fingerprint density at radius 2 is 1.52 bits per heavy atom. The van der Waals surface area contributed by atoms with Gasteiger partial charge in [-0.15, -0.1) is 0 Å². The number of nitrogens with one attached hydrogen (secondary N) is 1.